The van der Waals surface area contributed by atoms with Crippen LogP contribution in [0.4, 0.5) is 0 Å². The van der Waals surface area contributed by atoms with Crippen molar-refractivity contribution in [2.24, 2.45) is 5.92 Å². The maximum atomic E-state index is 5.94. The monoisotopic (exact) mass is 333 g/mol. The quantitative estimate of drug-likeness (QED) is 0.800. The molecule has 0 aliphatic carbocycles. The van der Waals surface area contributed by atoms with Crippen LogP contribution in [-0.2, 0) is 17.7 Å². The van der Waals surface area contributed by atoms with Crippen molar-refractivity contribution in [3.8, 4) is 0 Å². The predicted octanol–water partition coefficient (Wildman–Crippen LogP) is 2.67. The highest BCUT2D eigenvalue weighted by Gasteiger charge is 2.31. The first-order valence-corrected chi connectivity index (χ1v) is 8.91. The second kappa shape index (κ2) is 7.90. The van der Waals surface area contributed by atoms with Gasteiger partial charge in [-0.25, -0.2) is 0 Å². The van der Waals surface area contributed by atoms with Crippen molar-refractivity contribution >= 4 is 0 Å². The summed E-state index contributed by atoms with van der Waals surface area (Å²) in [6, 6.07) is 0.0442. The number of hydrogen-bond acceptors (Lipinski definition) is 6. The van der Waals surface area contributed by atoms with Gasteiger partial charge in [-0.05, 0) is 26.7 Å². The number of nitrogens with zero attached hydrogens (tertiary/aromatic N) is 4. The van der Waals surface area contributed by atoms with E-state index in [1.165, 1.54) is 0 Å². The lowest BCUT2D eigenvalue weighted by atomic mass is 9.97. The summed E-state index contributed by atoms with van der Waals surface area (Å²) in [5.41, 5.74) is 1.16. The molecule has 3 atom stereocenters. The van der Waals surface area contributed by atoms with Crippen molar-refractivity contribution < 1.29 is 9.26 Å². The molecule has 3 rings (SSSR count). The van der Waals surface area contributed by atoms with Gasteiger partial charge in [0.15, 0.2) is 5.82 Å². The Morgan fingerprint density at radius 2 is 2.29 bits per heavy atom. The van der Waals surface area contributed by atoms with E-state index in [4.69, 9.17) is 9.26 Å². The van der Waals surface area contributed by atoms with Gasteiger partial charge in [-0.15, -0.1) is 0 Å². The minimum absolute atomic E-state index is 0.0442. The van der Waals surface area contributed by atoms with Crippen LogP contribution in [0.15, 0.2) is 16.9 Å². The number of rotatable bonds is 8. The van der Waals surface area contributed by atoms with Gasteiger partial charge >= 0.3 is 0 Å². The molecule has 0 aromatic carbocycles. The molecule has 3 heterocycles. The van der Waals surface area contributed by atoms with Crippen LogP contribution in [0.5, 0.6) is 0 Å². The molecule has 132 valence electrons. The molecular weight excluding hydrogens is 306 g/mol. The molecule has 0 unspecified atom stereocenters. The molecule has 0 saturated carbocycles. The Morgan fingerprint density at radius 1 is 1.42 bits per heavy atom. The van der Waals surface area contributed by atoms with Gasteiger partial charge in [0, 0.05) is 43.8 Å². The van der Waals surface area contributed by atoms with E-state index in [1.807, 2.05) is 10.9 Å². The molecule has 1 N–H and O–H groups in total. The smallest absolute Gasteiger partial charge is 0.243 e. The van der Waals surface area contributed by atoms with E-state index in [0.29, 0.717) is 11.8 Å². The second-order valence-corrected chi connectivity index (χ2v) is 6.40. The van der Waals surface area contributed by atoms with Crippen molar-refractivity contribution in [1.82, 2.24) is 25.2 Å². The first-order chi connectivity index (χ1) is 11.7. The summed E-state index contributed by atoms with van der Waals surface area (Å²) in [7, 11) is 0. The highest BCUT2D eigenvalue weighted by molar-refractivity contribution is 5.11. The summed E-state index contributed by atoms with van der Waals surface area (Å²) in [6.45, 7) is 8.79. The minimum atomic E-state index is 0.0442. The number of ether oxygens (including phenoxy) is 1. The van der Waals surface area contributed by atoms with Crippen molar-refractivity contribution in [3.63, 3.8) is 0 Å². The van der Waals surface area contributed by atoms with Crippen LogP contribution in [0.3, 0.4) is 0 Å². The van der Waals surface area contributed by atoms with Crippen LogP contribution < -0.4 is 5.32 Å². The molecule has 1 aliphatic rings. The number of aromatic nitrogens is 4. The topological polar surface area (TPSA) is 78.0 Å². The first kappa shape index (κ1) is 17.1. The van der Waals surface area contributed by atoms with Crippen LogP contribution in [0.25, 0.3) is 0 Å². The average Bonchev–Trinajstić information content (AvgIpc) is 3.32. The second-order valence-electron chi connectivity index (χ2n) is 6.40. The summed E-state index contributed by atoms with van der Waals surface area (Å²) >= 11 is 0. The van der Waals surface area contributed by atoms with E-state index in [-0.39, 0.29) is 12.1 Å². The van der Waals surface area contributed by atoms with Gasteiger partial charge in [0.1, 0.15) is 0 Å². The van der Waals surface area contributed by atoms with Crippen molar-refractivity contribution in [2.45, 2.75) is 58.7 Å². The maximum absolute atomic E-state index is 5.94. The Morgan fingerprint density at radius 3 is 3.04 bits per heavy atom. The highest BCUT2D eigenvalue weighted by Crippen LogP contribution is 2.34. The molecule has 7 heteroatoms. The third kappa shape index (κ3) is 3.84. The van der Waals surface area contributed by atoms with Crippen molar-refractivity contribution in [2.75, 3.05) is 13.2 Å². The third-order valence-electron chi connectivity index (χ3n) is 4.53. The van der Waals surface area contributed by atoms with E-state index in [0.717, 1.165) is 50.3 Å². The zero-order valence-electron chi connectivity index (χ0n) is 14.7. The molecular formula is C17H27N5O2. The largest absolute Gasteiger partial charge is 0.373 e. The zero-order chi connectivity index (χ0) is 16.9. The molecule has 0 bridgehead atoms. The van der Waals surface area contributed by atoms with Gasteiger partial charge in [0.05, 0.1) is 18.3 Å². The van der Waals surface area contributed by atoms with Crippen LogP contribution in [0.2, 0.25) is 0 Å². The average molecular weight is 333 g/mol. The molecule has 24 heavy (non-hydrogen) atoms. The lowest BCUT2D eigenvalue weighted by molar-refractivity contribution is 0.0895. The minimum Gasteiger partial charge on any atom is -0.373 e. The van der Waals surface area contributed by atoms with Crippen LogP contribution in [0, 0.1) is 5.92 Å². The molecule has 1 aliphatic heterocycles. The summed E-state index contributed by atoms with van der Waals surface area (Å²) in [6.07, 6.45) is 7.05. The first-order valence-electron chi connectivity index (χ1n) is 8.91. The molecule has 7 nitrogen and oxygen atoms in total. The summed E-state index contributed by atoms with van der Waals surface area (Å²) < 4.78 is 13.2. The number of hydrogen-bond donors (Lipinski definition) is 1. The maximum Gasteiger partial charge on any atom is 0.243 e. The van der Waals surface area contributed by atoms with Gasteiger partial charge in [-0.3, -0.25) is 4.68 Å². The van der Waals surface area contributed by atoms with Gasteiger partial charge in [-0.2, -0.15) is 10.1 Å². The normalized spacial score (nSPS) is 22.1. The van der Waals surface area contributed by atoms with Crippen LogP contribution in [-0.4, -0.2) is 33.1 Å². The fourth-order valence-electron chi connectivity index (χ4n) is 3.09. The Balaban J connectivity index is 1.56. The SMILES string of the molecule is CCCc1noc([C@H](C)NC[C@H]2CCO[C@@H]2c2cnn(CC)c2)n1. The molecule has 0 amide bonds. The Bertz CT molecular complexity index is 638. The van der Waals surface area contributed by atoms with Gasteiger partial charge < -0.3 is 14.6 Å². The van der Waals surface area contributed by atoms with Crippen molar-refractivity contribution in [3.05, 3.63) is 29.7 Å². The molecule has 0 radical (unpaired) electrons. The Hall–Kier alpha value is -1.73. The van der Waals surface area contributed by atoms with Gasteiger partial charge in [0.25, 0.3) is 0 Å². The molecule has 2 aromatic heterocycles. The fraction of sp³-hybridized carbons (Fsp3) is 0.706. The number of aryl methyl sites for hydroxylation is 2. The highest BCUT2D eigenvalue weighted by atomic mass is 16.5. The van der Waals surface area contributed by atoms with Gasteiger partial charge in [-0.1, -0.05) is 12.1 Å². The van der Waals surface area contributed by atoms with Crippen molar-refractivity contribution in [1.29, 1.82) is 0 Å². The zero-order valence-corrected chi connectivity index (χ0v) is 14.7. The van der Waals surface area contributed by atoms with Gasteiger partial charge in [0.2, 0.25) is 5.89 Å². The standard InChI is InChI=1S/C17H27N5O2/c1-4-6-15-20-17(24-21-15)12(3)18-9-13-7-8-23-16(13)14-10-19-22(5-2)11-14/h10-13,16,18H,4-9H2,1-3H3/t12-,13+,16-/m0/s1. The predicted molar refractivity (Wildman–Crippen MR) is 89.4 cm³/mol. The van der Waals surface area contributed by atoms with E-state index in [9.17, 15) is 0 Å². The fourth-order valence-corrected chi connectivity index (χ4v) is 3.09. The summed E-state index contributed by atoms with van der Waals surface area (Å²) in [5, 5.41) is 11.9. The number of nitrogens with one attached hydrogen (secondary N) is 1. The molecule has 1 fully saturated rings. The summed E-state index contributed by atoms with van der Waals surface area (Å²) in [4.78, 5) is 4.45. The molecule has 2 aromatic rings. The third-order valence-corrected chi connectivity index (χ3v) is 4.53. The molecule has 0 spiro atoms. The van der Waals surface area contributed by atoms with E-state index < -0.39 is 0 Å². The molecule has 1 saturated heterocycles. The van der Waals surface area contributed by atoms with E-state index in [1.54, 1.807) is 0 Å². The van der Waals surface area contributed by atoms with Crippen LogP contribution in [0.1, 0.15) is 63.0 Å². The lowest BCUT2D eigenvalue weighted by Crippen LogP contribution is -2.27. The Kier molecular flexibility index (Phi) is 5.63. The van der Waals surface area contributed by atoms with E-state index in [2.05, 4.69) is 47.5 Å². The van der Waals surface area contributed by atoms with E-state index >= 15 is 0 Å². The van der Waals surface area contributed by atoms with Crippen LogP contribution >= 0.6 is 0 Å². The Labute approximate surface area is 142 Å². The lowest BCUT2D eigenvalue weighted by Gasteiger charge is -2.19. The summed E-state index contributed by atoms with van der Waals surface area (Å²) in [5.74, 6) is 1.88.